The minimum atomic E-state index is 0.731. The number of aromatic amines is 1. The molecule has 0 unspecified atom stereocenters. The van der Waals surface area contributed by atoms with Gasteiger partial charge in [-0.25, -0.2) is 0 Å². The van der Waals surface area contributed by atoms with E-state index in [1.807, 2.05) is 6.07 Å². The molecule has 0 fully saturated rings. The van der Waals surface area contributed by atoms with Gasteiger partial charge in [-0.2, -0.15) is 0 Å². The first-order chi connectivity index (χ1) is 12.3. The summed E-state index contributed by atoms with van der Waals surface area (Å²) >= 11 is 6.25. The minimum absolute atomic E-state index is 0.731. The Morgan fingerprint density at radius 2 is 1.72 bits per heavy atom. The molecule has 0 atom stereocenters. The number of unbranched alkanes of at least 4 members (excludes halogenated alkanes) is 1. The Hall–Kier alpha value is -2.29. The smallest absolute Gasteiger partial charge is 0.0497 e. The standard InChI is InChI=1S/C22H21ClN2/c23-18-10-11-21-20(14-18)19(7-3-4-12-24)22(25-21)17-9-8-15-5-1-2-6-16(15)13-17/h1-2,5-6,8-11,13-14,25H,3-4,7,12,24H2. The molecule has 0 aliphatic heterocycles. The molecule has 3 aromatic carbocycles. The fraction of sp³-hybridized carbons (Fsp3) is 0.182. The number of rotatable bonds is 5. The number of H-pyrrole nitrogens is 1. The van der Waals surface area contributed by atoms with Crippen LogP contribution in [0.1, 0.15) is 18.4 Å². The molecule has 0 bridgehead atoms. The van der Waals surface area contributed by atoms with Gasteiger partial charge >= 0.3 is 0 Å². The molecule has 2 nitrogen and oxygen atoms in total. The van der Waals surface area contributed by atoms with Crippen LogP contribution in [0.5, 0.6) is 0 Å². The summed E-state index contributed by atoms with van der Waals surface area (Å²) in [5, 5.41) is 4.50. The van der Waals surface area contributed by atoms with Crippen LogP contribution in [0.3, 0.4) is 0 Å². The van der Waals surface area contributed by atoms with Gasteiger partial charge in [0.05, 0.1) is 0 Å². The van der Waals surface area contributed by atoms with Gasteiger partial charge in [-0.3, -0.25) is 0 Å². The second kappa shape index (κ2) is 6.91. The van der Waals surface area contributed by atoms with Crippen molar-refractivity contribution in [3.05, 3.63) is 71.2 Å². The normalized spacial score (nSPS) is 11.4. The molecule has 4 rings (SSSR count). The van der Waals surface area contributed by atoms with Crippen molar-refractivity contribution in [3.63, 3.8) is 0 Å². The van der Waals surface area contributed by atoms with E-state index in [0.29, 0.717) is 0 Å². The zero-order valence-corrected chi connectivity index (χ0v) is 14.8. The number of hydrogen-bond donors (Lipinski definition) is 2. The first kappa shape index (κ1) is 16.2. The second-order valence-corrected chi connectivity index (χ2v) is 6.91. The van der Waals surface area contributed by atoms with Crippen molar-refractivity contribution in [2.45, 2.75) is 19.3 Å². The Balaban J connectivity index is 1.87. The number of nitrogens with one attached hydrogen (secondary N) is 1. The summed E-state index contributed by atoms with van der Waals surface area (Å²) in [6.45, 7) is 0.731. The maximum absolute atomic E-state index is 6.25. The molecule has 3 N–H and O–H groups in total. The van der Waals surface area contributed by atoms with Gasteiger partial charge < -0.3 is 10.7 Å². The molecular weight excluding hydrogens is 328 g/mol. The minimum Gasteiger partial charge on any atom is -0.354 e. The molecule has 25 heavy (non-hydrogen) atoms. The van der Waals surface area contributed by atoms with Crippen LogP contribution >= 0.6 is 11.6 Å². The summed E-state index contributed by atoms with van der Waals surface area (Å²) in [7, 11) is 0. The van der Waals surface area contributed by atoms with Gasteiger partial charge in [0.25, 0.3) is 0 Å². The third-order valence-electron chi connectivity index (χ3n) is 4.79. The van der Waals surface area contributed by atoms with Crippen LogP contribution in [-0.4, -0.2) is 11.5 Å². The Labute approximate surface area is 152 Å². The van der Waals surface area contributed by atoms with Crippen LogP contribution < -0.4 is 5.73 Å². The third kappa shape index (κ3) is 3.15. The molecule has 0 saturated heterocycles. The van der Waals surface area contributed by atoms with E-state index in [0.717, 1.165) is 36.3 Å². The predicted molar refractivity (Wildman–Crippen MR) is 108 cm³/mol. The van der Waals surface area contributed by atoms with Gasteiger partial charge in [-0.1, -0.05) is 48.0 Å². The molecular formula is C22H21ClN2. The van der Waals surface area contributed by atoms with Crippen LogP contribution in [0.25, 0.3) is 32.9 Å². The van der Waals surface area contributed by atoms with Gasteiger partial charge in [-0.05, 0) is 72.0 Å². The van der Waals surface area contributed by atoms with E-state index < -0.39 is 0 Å². The SMILES string of the molecule is NCCCCc1c(-c2ccc3ccccc3c2)[nH]c2ccc(Cl)cc12. The number of aromatic nitrogens is 1. The highest BCUT2D eigenvalue weighted by Crippen LogP contribution is 2.34. The van der Waals surface area contributed by atoms with Crippen molar-refractivity contribution in [2.75, 3.05) is 6.54 Å². The Morgan fingerprint density at radius 1 is 0.880 bits per heavy atom. The molecule has 0 saturated carbocycles. The zero-order chi connectivity index (χ0) is 17.2. The monoisotopic (exact) mass is 348 g/mol. The maximum atomic E-state index is 6.25. The van der Waals surface area contributed by atoms with E-state index in [2.05, 4.69) is 59.6 Å². The van der Waals surface area contributed by atoms with Crippen molar-refractivity contribution in [1.29, 1.82) is 0 Å². The van der Waals surface area contributed by atoms with E-state index in [1.165, 1.54) is 33.0 Å². The van der Waals surface area contributed by atoms with Crippen molar-refractivity contribution in [2.24, 2.45) is 5.73 Å². The molecule has 0 aliphatic rings. The molecule has 4 aromatic rings. The summed E-state index contributed by atoms with van der Waals surface area (Å²) in [6, 6.07) is 21.2. The van der Waals surface area contributed by atoms with Gasteiger partial charge in [-0.15, -0.1) is 0 Å². The van der Waals surface area contributed by atoms with Crippen molar-refractivity contribution in [1.82, 2.24) is 4.98 Å². The summed E-state index contributed by atoms with van der Waals surface area (Å²) in [4.78, 5) is 3.61. The van der Waals surface area contributed by atoms with Gasteiger partial charge in [0.15, 0.2) is 0 Å². The Kier molecular flexibility index (Phi) is 4.48. The van der Waals surface area contributed by atoms with Gasteiger partial charge in [0.1, 0.15) is 0 Å². The lowest BCUT2D eigenvalue weighted by atomic mass is 9.98. The summed E-state index contributed by atoms with van der Waals surface area (Å²) in [5.41, 5.74) is 10.6. The van der Waals surface area contributed by atoms with E-state index in [4.69, 9.17) is 17.3 Å². The van der Waals surface area contributed by atoms with Crippen molar-refractivity contribution in [3.8, 4) is 11.3 Å². The van der Waals surface area contributed by atoms with Crippen molar-refractivity contribution < 1.29 is 0 Å². The lowest BCUT2D eigenvalue weighted by Crippen LogP contribution is -1.99. The first-order valence-electron chi connectivity index (χ1n) is 8.75. The van der Waals surface area contributed by atoms with E-state index in [-0.39, 0.29) is 0 Å². The van der Waals surface area contributed by atoms with Crippen LogP contribution in [-0.2, 0) is 6.42 Å². The molecule has 0 radical (unpaired) electrons. The Morgan fingerprint density at radius 3 is 2.56 bits per heavy atom. The largest absolute Gasteiger partial charge is 0.354 e. The molecule has 0 spiro atoms. The number of fused-ring (bicyclic) bond motifs is 2. The van der Waals surface area contributed by atoms with Gasteiger partial charge in [0, 0.05) is 21.6 Å². The molecule has 0 aliphatic carbocycles. The molecule has 1 heterocycles. The highest BCUT2D eigenvalue weighted by molar-refractivity contribution is 6.31. The highest BCUT2D eigenvalue weighted by atomic mass is 35.5. The summed E-state index contributed by atoms with van der Waals surface area (Å²) in [5.74, 6) is 0. The highest BCUT2D eigenvalue weighted by Gasteiger charge is 2.13. The van der Waals surface area contributed by atoms with Crippen LogP contribution in [0, 0.1) is 0 Å². The van der Waals surface area contributed by atoms with Crippen LogP contribution in [0.2, 0.25) is 5.02 Å². The molecule has 126 valence electrons. The van der Waals surface area contributed by atoms with Crippen LogP contribution in [0.4, 0.5) is 0 Å². The van der Waals surface area contributed by atoms with E-state index in [1.54, 1.807) is 0 Å². The average Bonchev–Trinajstić information content (AvgIpc) is 2.99. The third-order valence-corrected chi connectivity index (χ3v) is 5.02. The predicted octanol–water partition coefficient (Wildman–Crippen LogP) is 5.92. The van der Waals surface area contributed by atoms with Crippen LogP contribution in [0.15, 0.2) is 60.7 Å². The number of benzene rings is 3. The van der Waals surface area contributed by atoms with E-state index >= 15 is 0 Å². The maximum Gasteiger partial charge on any atom is 0.0497 e. The number of nitrogens with two attached hydrogens (primary N) is 1. The number of aryl methyl sites for hydroxylation is 1. The molecule has 3 heteroatoms. The van der Waals surface area contributed by atoms with Gasteiger partial charge in [0.2, 0.25) is 0 Å². The topological polar surface area (TPSA) is 41.8 Å². The van der Waals surface area contributed by atoms with Crippen molar-refractivity contribution >= 4 is 33.3 Å². The number of hydrogen-bond acceptors (Lipinski definition) is 1. The summed E-state index contributed by atoms with van der Waals surface area (Å²) in [6.07, 6.45) is 3.11. The summed E-state index contributed by atoms with van der Waals surface area (Å²) < 4.78 is 0. The Bertz CT molecular complexity index is 1030. The fourth-order valence-electron chi connectivity index (χ4n) is 3.52. The number of halogens is 1. The average molecular weight is 349 g/mol. The fourth-order valence-corrected chi connectivity index (χ4v) is 3.69. The quantitative estimate of drug-likeness (QED) is 0.432. The molecule has 1 aromatic heterocycles. The lowest BCUT2D eigenvalue weighted by Gasteiger charge is -2.07. The van der Waals surface area contributed by atoms with E-state index in [9.17, 15) is 0 Å². The first-order valence-corrected chi connectivity index (χ1v) is 9.13. The zero-order valence-electron chi connectivity index (χ0n) is 14.1. The molecule has 0 amide bonds. The second-order valence-electron chi connectivity index (χ2n) is 6.48. The lowest BCUT2D eigenvalue weighted by molar-refractivity contribution is 0.748.